The molecule has 3 rings (SSSR count). The van der Waals surface area contributed by atoms with Gasteiger partial charge in [-0.3, -0.25) is 19.7 Å². The van der Waals surface area contributed by atoms with E-state index in [0.29, 0.717) is 11.1 Å². The fourth-order valence-electron chi connectivity index (χ4n) is 3.35. The van der Waals surface area contributed by atoms with Crippen LogP contribution in [-0.4, -0.2) is 58.1 Å². The van der Waals surface area contributed by atoms with Crippen LogP contribution in [0.4, 0.5) is 5.69 Å². The zero-order valence-corrected chi connectivity index (χ0v) is 15.9. The molecule has 2 aromatic rings. The number of likely N-dealkylation sites (tertiary alicyclic amines) is 1. The predicted molar refractivity (Wildman–Crippen MR) is 106 cm³/mol. The van der Waals surface area contributed by atoms with E-state index in [1.807, 2.05) is 0 Å². The molecule has 1 fully saturated rings. The van der Waals surface area contributed by atoms with Crippen molar-refractivity contribution in [3.8, 4) is 0 Å². The molecule has 9 heteroatoms. The highest BCUT2D eigenvalue weighted by Gasteiger charge is 2.46. The van der Waals surface area contributed by atoms with E-state index in [1.54, 1.807) is 36.4 Å². The van der Waals surface area contributed by atoms with E-state index in [1.165, 1.54) is 23.1 Å². The predicted octanol–water partition coefficient (Wildman–Crippen LogP) is 2.03. The minimum absolute atomic E-state index is 0.00347. The largest absolute Gasteiger partial charge is 0.507 e. The summed E-state index contributed by atoms with van der Waals surface area (Å²) in [5.41, 5.74) is 0.327. The smallest absolute Gasteiger partial charge is 0.295 e. The summed E-state index contributed by atoms with van der Waals surface area (Å²) in [5.74, 6) is -2.07. The third-order valence-electron chi connectivity index (χ3n) is 4.70. The summed E-state index contributed by atoms with van der Waals surface area (Å²) in [6.07, 6.45) is 0. The highest BCUT2D eigenvalue weighted by atomic mass is 16.6. The van der Waals surface area contributed by atoms with Crippen molar-refractivity contribution in [3.63, 3.8) is 0 Å². The van der Waals surface area contributed by atoms with Crippen LogP contribution in [0.1, 0.15) is 17.2 Å². The molecule has 0 bridgehead atoms. The van der Waals surface area contributed by atoms with Gasteiger partial charge in [-0.05, 0) is 5.56 Å². The van der Waals surface area contributed by atoms with Crippen LogP contribution in [0.25, 0.3) is 5.76 Å². The number of carbonyl (C=O) groups is 2. The molecule has 0 aliphatic carbocycles. The molecule has 9 nitrogen and oxygen atoms in total. The highest BCUT2D eigenvalue weighted by molar-refractivity contribution is 6.46. The molecular formula is C21H20N2O7. The lowest BCUT2D eigenvalue weighted by atomic mass is 9.95. The number of aliphatic hydroxyl groups excluding tert-OH is 2. The maximum atomic E-state index is 12.8. The monoisotopic (exact) mass is 412 g/mol. The van der Waals surface area contributed by atoms with E-state index in [9.17, 15) is 24.8 Å². The Hall–Kier alpha value is -3.56. The first-order chi connectivity index (χ1) is 14.5. The third kappa shape index (κ3) is 4.22. The van der Waals surface area contributed by atoms with E-state index in [4.69, 9.17) is 9.84 Å². The van der Waals surface area contributed by atoms with Gasteiger partial charge in [0.05, 0.1) is 36.4 Å². The normalized spacial score (nSPS) is 18.0. The second-order valence-corrected chi connectivity index (χ2v) is 6.55. The fraction of sp³-hybridized carbons (Fsp3) is 0.238. The number of nitrogens with zero attached hydrogens (tertiary/aromatic N) is 2. The number of Topliss-reactive ketones (excluding diaryl/α,β-unsaturated/α-hetero) is 1. The maximum absolute atomic E-state index is 12.8. The number of hydrogen-bond donors (Lipinski definition) is 2. The van der Waals surface area contributed by atoms with E-state index in [0.717, 1.165) is 0 Å². The summed E-state index contributed by atoms with van der Waals surface area (Å²) in [5, 5.41) is 30.9. The molecule has 2 N–H and O–H groups in total. The van der Waals surface area contributed by atoms with Crippen molar-refractivity contribution in [3.05, 3.63) is 81.4 Å². The summed E-state index contributed by atoms with van der Waals surface area (Å²) < 4.78 is 5.21. The molecule has 0 spiro atoms. The summed E-state index contributed by atoms with van der Waals surface area (Å²) >= 11 is 0. The molecule has 30 heavy (non-hydrogen) atoms. The first kappa shape index (κ1) is 21.2. The van der Waals surface area contributed by atoms with Crippen molar-refractivity contribution >= 4 is 23.1 Å². The summed E-state index contributed by atoms with van der Waals surface area (Å²) in [6, 6.07) is 12.9. The fourth-order valence-corrected chi connectivity index (χ4v) is 3.35. The average molecular weight is 412 g/mol. The maximum Gasteiger partial charge on any atom is 0.295 e. The first-order valence-corrected chi connectivity index (χ1v) is 9.22. The molecular weight excluding hydrogens is 392 g/mol. The number of nitro groups is 1. The lowest BCUT2D eigenvalue weighted by Gasteiger charge is -2.25. The number of ether oxygens (including phenoxy) is 1. The number of rotatable bonds is 8. The molecule has 0 aromatic heterocycles. The number of nitro benzene ring substituents is 1. The van der Waals surface area contributed by atoms with Crippen LogP contribution in [-0.2, 0) is 14.3 Å². The lowest BCUT2D eigenvalue weighted by molar-refractivity contribution is -0.384. The zero-order chi connectivity index (χ0) is 21.7. The van der Waals surface area contributed by atoms with Crippen LogP contribution in [0.5, 0.6) is 0 Å². The van der Waals surface area contributed by atoms with Crippen molar-refractivity contribution in [2.75, 3.05) is 26.4 Å². The topological polar surface area (TPSA) is 130 Å². The quantitative estimate of drug-likeness (QED) is 0.169. The second kappa shape index (κ2) is 9.29. The zero-order valence-electron chi connectivity index (χ0n) is 15.9. The van der Waals surface area contributed by atoms with Crippen LogP contribution >= 0.6 is 0 Å². The van der Waals surface area contributed by atoms with Gasteiger partial charge in [0.15, 0.2) is 0 Å². The number of ketones is 1. The summed E-state index contributed by atoms with van der Waals surface area (Å²) in [4.78, 5) is 37.4. The molecule has 0 saturated carbocycles. The lowest BCUT2D eigenvalue weighted by Crippen LogP contribution is -2.33. The van der Waals surface area contributed by atoms with Crippen LogP contribution in [0.3, 0.4) is 0 Å². The Morgan fingerprint density at radius 2 is 1.83 bits per heavy atom. The van der Waals surface area contributed by atoms with Gasteiger partial charge in [-0.1, -0.05) is 42.5 Å². The van der Waals surface area contributed by atoms with Gasteiger partial charge in [0, 0.05) is 24.2 Å². The van der Waals surface area contributed by atoms with E-state index >= 15 is 0 Å². The van der Waals surface area contributed by atoms with Crippen molar-refractivity contribution in [2.45, 2.75) is 6.04 Å². The van der Waals surface area contributed by atoms with Gasteiger partial charge in [0.2, 0.25) is 0 Å². The molecule has 1 aliphatic heterocycles. The Bertz CT molecular complexity index is 988. The van der Waals surface area contributed by atoms with Crippen LogP contribution < -0.4 is 0 Å². The van der Waals surface area contributed by atoms with Crippen molar-refractivity contribution in [1.29, 1.82) is 0 Å². The van der Waals surface area contributed by atoms with Gasteiger partial charge < -0.3 is 19.8 Å². The van der Waals surface area contributed by atoms with Crippen molar-refractivity contribution < 1.29 is 29.5 Å². The number of carbonyl (C=O) groups excluding carboxylic acids is 2. The van der Waals surface area contributed by atoms with Gasteiger partial charge in [0.1, 0.15) is 5.76 Å². The number of benzene rings is 2. The molecule has 156 valence electrons. The van der Waals surface area contributed by atoms with E-state index < -0.39 is 22.7 Å². The van der Waals surface area contributed by atoms with Gasteiger partial charge in [0.25, 0.3) is 17.4 Å². The number of hydrogen-bond acceptors (Lipinski definition) is 7. The molecule has 1 aliphatic rings. The van der Waals surface area contributed by atoms with Gasteiger partial charge >= 0.3 is 0 Å². The van der Waals surface area contributed by atoms with Crippen LogP contribution in [0.15, 0.2) is 60.2 Å². The third-order valence-corrected chi connectivity index (χ3v) is 4.70. The molecule has 1 saturated heterocycles. The molecule has 1 atom stereocenters. The minimum atomic E-state index is -1.01. The standard InChI is InChI=1S/C21H20N2O7/c24-10-12-30-11-9-22-18(15-7-4-8-16(13-15)23(28)29)17(20(26)21(22)27)19(25)14-5-2-1-3-6-14/h1-8,13,18,24-25H,9-12H2/b19-17-. The Labute approximate surface area is 172 Å². The summed E-state index contributed by atoms with van der Waals surface area (Å²) in [7, 11) is 0. The van der Waals surface area contributed by atoms with E-state index in [-0.39, 0.29) is 43.4 Å². The molecule has 1 amide bonds. The van der Waals surface area contributed by atoms with Crippen molar-refractivity contribution in [2.24, 2.45) is 0 Å². The van der Waals surface area contributed by atoms with Crippen LogP contribution in [0, 0.1) is 10.1 Å². The number of aliphatic hydroxyl groups is 2. The van der Waals surface area contributed by atoms with Gasteiger partial charge in [-0.2, -0.15) is 0 Å². The first-order valence-electron chi connectivity index (χ1n) is 9.22. The second-order valence-electron chi connectivity index (χ2n) is 6.55. The Morgan fingerprint density at radius 3 is 2.50 bits per heavy atom. The summed E-state index contributed by atoms with van der Waals surface area (Å²) in [6.45, 7) is -0.0789. The van der Waals surface area contributed by atoms with Crippen molar-refractivity contribution in [1.82, 2.24) is 4.90 Å². The Morgan fingerprint density at radius 1 is 1.10 bits per heavy atom. The van der Waals surface area contributed by atoms with Gasteiger partial charge in [-0.25, -0.2) is 0 Å². The Kier molecular flexibility index (Phi) is 6.55. The Balaban J connectivity index is 2.10. The molecule has 1 heterocycles. The molecule has 1 unspecified atom stereocenters. The van der Waals surface area contributed by atoms with Gasteiger partial charge in [-0.15, -0.1) is 0 Å². The highest BCUT2D eigenvalue weighted by Crippen LogP contribution is 2.39. The molecule has 0 radical (unpaired) electrons. The average Bonchev–Trinajstić information content (AvgIpc) is 3.01. The number of amides is 1. The number of non-ortho nitro benzene ring substituents is 1. The molecule has 2 aromatic carbocycles. The van der Waals surface area contributed by atoms with E-state index in [2.05, 4.69) is 0 Å². The van der Waals surface area contributed by atoms with Crippen LogP contribution in [0.2, 0.25) is 0 Å². The minimum Gasteiger partial charge on any atom is -0.507 e. The SMILES string of the molecule is O=C1C(=O)N(CCOCCO)C(c2cccc([N+](=O)[O-])c2)/C1=C(/O)c1ccccc1.